The highest BCUT2D eigenvalue weighted by molar-refractivity contribution is 6.06. The molecule has 2 aromatic carbocycles. The number of pyridine rings is 1. The summed E-state index contributed by atoms with van der Waals surface area (Å²) in [7, 11) is 0. The molecule has 5 heteroatoms. The van der Waals surface area contributed by atoms with Gasteiger partial charge in [-0.05, 0) is 63.2 Å². The minimum atomic E-state index is -0.0782. The topological polar surface area (TPSA) is 54.5 Å². The lowest BCUT2D eigenvalue weighted by molar-refractivity contribution is 0.0988. The van der Waals surface area contributed by atoms with Crippen LogP contribution in [0.3, 0.4) is 0 Å². The van der Waals surface area contributed by atoms with Gasteiger partial charge < -0.3 is 15.0 Å². The summed E-state index contributed by atoms with van der Waals surface area (Å²) in [6.07, 6.45) is 3.43. The summed E-state index contributed by atoms with van der Waals surface area (Å²) in [6.45, 7) is 6.53. The molecule has 5 nitrogen and oxygen atoms in total. The summed E-state index contributed by atoms with van der Waals surface area (Å²) in [5.74, 6) is 0.745. The number of rotatable bonds is 7. The summed E-state index contributed by atoms with van der Waals surface area (Å²) >= 11 is 0. The van der Waals surface area contributed by atoms with E-state index >= 15 is 0 Å². The summed E-state index contributed by atoms with van der Waals surface area (Å²) in [6, 6.07) is 19.2. The zero-order valence-electron chi connectivity index (χ0n) is 16.4. The zero-order valence-corrected chi connectivity index (χ0v) is 16.4. The smallest absolute Gasteiger partial charge is 0.259 e. The van der Waals surface area contributed by atoms with Crippen LogP contribution in [0.2, 0.25) is 0 Å². The van der Waals surface area contributed by atoms with Crippen LogP contribution in [0.15, 0.2) is 73.1 Å². The minimum Gasteiger partial charge on any atom is -0.491 e. The van der Waals surface area contributed by atoms with E-state index in [9.17, 15) is 4.79 Å². The van der Waals surface area contributed by atoms with E-state index in [1.54, 1.807) is 17.3 Å². The van der Waals surface area contributed by atoms with Gasteiger partial charge in [-0.15, -0.1) is 0 Å². The molecule has 28 heavy (non-hydrogen) atoms. The molecule has 0 unspecified atom stereocenters. The molecule has 0 spiro atoms. The van der Waals surface area contributed by atoms with Crippen molar-refractivity contribution in [3.05, 3.63) is 78.6 Å². The molecule has 0 radical (unpaired) electrons. The second kappa shape index (κ2) is 9.04. The maximum Gasteiger partial charge on any atom is 0.259 e. The van der Waals surface area contributed by atoms with E-state index in [0.717, 1.165) is 22.8 Å². The molecular formula is C23H25N3O2. The van der Waals surface area contributed by atoms with Gasteiger partial charge in [-0.3, -0.25) is 9.78 Å². The molecule has 0 saturated heterocycles. The lowest BCUT2D eigenvalue weighted by Crippen LogP contribution is -2.30. The van der Waals surface area contributed by atoms with Gasteiger partial charge in [-0.1, -0.05) is 18.2 Å². The number of aromatic nitrogens is 1. The number of hydrogen-bond acceptors (Lipinski definition) is 4. The number of ether oxygens (including phenoxy) is 1. The standard InChI is InChI=1S/C23H25N3O2/c1-4-26(21-8-6-5-7-9-21)23(27)18-14-20(16-24-15-18)25-19-10-12-22(13-11-19)28-17(2)3/h5-17,25H,4H2,1-3H3. The number of nitrogens with zero attached hydrogens (tertiary/aromatic N) is 2. The van der Waals surface area contributed by atoms with E-state index in [1.807, 2.05) is 81.4 Å². The highest BCUT2D eigenvalue weighted by Crippen LogP contribution is 2.22. The number of amides is 1. The Kier molecular flexibility index (Phi) is 6.27. The minimum absolute atomic E-state index is 0.0782. The van der Waals surface area contributed by atoms with Crippen LogP contribution in [0.1, 0.15) is 31.1 Å². The summed E-state index contributed by atoms with van der Waals surface area (Å²) in [4.78, 5) is 18.9. The Hall–Kier alpha value is -3.34. The Morgan fingerprint density at radius 3 is 2.39 bits per heavy atom. The van der Waals surface area contributed by atoms with E-state index in [2.05, 4.69) is 10.3 Å². The zero-order chi connectivity index (χ0) is 19.9. The first-order valence-electron chi connectivity index (χ1n) is 9.42. The van der Waals surface area contributed by atoms with Crippen molar-refractivity contribution in [3.8, 4) is 5.75 Å². The Labute approximate surface area is 166 Å². The highest BCUT2D eigenvalue weighted by Gasteiger charge is 2.16. The second-order valence-corrected chi connectivity index (χ2v) is 6.66. The Morgan fingerprint density at radius 2 is 1.75 bits per heavy atom. The first kappa shape index (κ1) is 19.4. The molecule has 0 saturated carbocycles. The lowest BCUT2D eigenvalue weighted by atomic mass is 10.2. The average Bonchev–Trinajstić information content (AvgIpc) is 2.71. The fraction of sp³-hybridized carbons (Fsp3) is 0.217. The average molecular weight is 375 g/mol. The van der Waals surface area contributed by atoms with E-state index in [4.69, 9.17) is 4.74 Å². The van der Waals surface area contributed by atoms with Crippen LogP contribution in [0.25, 0.3) is 0 Å². The molecule has 0 aliphatic carbocycles. The van der Waals surface area contributed by atoms with Crippen LogP contribution < -0.4 is 15.0 Å². The Bertz CT molecular complexity index is 909. The van der Waals surface area contributed by atoms with Crippen LogP contribution in [0.5, 0.6) is 5.75 Å². The van der Waals surface area contributed by atoms with Gasteiger partial charge in [-0.2, -0.15) is 0 Å². The molecule has 0 bridgehead atoms. The largest absolute Gasteiger partial charge is 0.491 e. The van der Waals surface area contributed by atoms with Crippen LogP contribution >= 0.6 is 0 Å². The van der Waals surface area contributed by atoms with E-state index in [0.29, 0.717) is 12.1 Å². The Morgan fingerprint density at radius 1 is 1.04 bits per heavy atom. The lowest BCUT2D eigenvalue weighted by Gasteiger charge is -2.21. The fourth-order valence-corrected chi connectivity index (χ4v) is 2.89. The summed E-state index contributed by atoms with van der Waals surface area (Å²) < 4.78 is 5.66. The van der Waals surface area contributed by atoms with Crippen molar-refractivity contribution in [2.45, 2.75) is 26.9 Å². The molecule has 1 N–H and O–H groups in total. The third kappa shape index (κ3) is 4.88. The van der Waals surface area contributed by atoms with Gasteiger partial charge in [0.25, 0.3) is 5.91 Å². The molecule has 0 aliphatic rings. The molecule has 0 aliphatic heterocycles. The van der Waals surface area contributed by atoms with Gasteiger partial charge in [0.15, 0.2) is 0 Å². The number of hydrogen-bond donors (Lipinski definition) is 1. The summed E-state index contributed by atoms with van der Waals surface area (Å²) in [5.41, 5.74) is 3.06. The molecule has 1 heterocycles. The van der Waals surface area contributed by atoms with Crippen molar-refractivity contribution in [1.29, 1.82) is 0 Å². The highest BCUT2D eigenvalue weighted by atomic mass is 16.5. The SMILES string of the molecule is CCN(C(=O)c1cncc(Nc2ccc(OC(C)C)cc2)c1)c1ccccc1. The Balaban J connectivity index is 1.75. The molecule has 0 fully saturated rings. The molecule has 3 rings (SSSR count). The van der Waals surface area contributed by atoms with Crippen molar-refractivity contribution in [2.24, 2.45) is 0 Å². The van der Waals surface area contributed by atoms with Crippen molar-refractivity contribution in [3.63, 3.8) is 0 Å². The molecular weight excluding hydrogens is 350 g/mol. The van der Waals surface area contributed by atoms with E-state index in [1.165, 1.54) is 0 Å². The van der Waals surface area contributed by atoms with E-state index < -0.39 is 0 Å². The number of carbonyl (C=O) groups excluding carboxylic acids is 1. The van der Waals surface area contributed by atoms with Crippen molar-refractivity contribution >= 4 is 23.0 Å². The first-order valence-corrected chi connectivity index (χ1v) is 9.42. The second-order valence-electron chi connectivity index (χ2n) is 6.66. The molecule has 1 amide bonds. The van der Waals surface area contributed by atoms with Gasteiger partial charge in [0.05, 0.1) is 23.6 Å². The maximum absolute atomic E-state index is 13.0. The van der Waals surface area contributed by atoms with Crippen molar-refractivity contribution < 1.29 is 9.53 Å². The maximum atomic E-state index is 13.0. The van der Waals surface area contributed by atoms with Crippen molar-refractivity contribution in [2.75, 3.05) is 16.8 Å². The van der Waals surface area contributed by atoms with Gasteiger partial charge in [-0.25, -0.2) is 0 Å². The monoisotopic (exact) mass is 375 g/mol. The fourth-order valence-electron chi connectivity index (χ4n) is 2.89. The first-order chi connectivity index (χ1) is 13.6. The predicted molar refractivity (Wildman–Crippen MR) is 114 cm³/mol. The van der Waals surface area contributed by atoms with Crippen LogP contribution in [0.4, 0.5) is 17.1 Å². The number of nitrogens with one attached hydrogen (secondary N) is 1. The van der Waals surface area contributed by atoms with Crippen LogP contribution in [-0.4, -0.2) is 23.5 Å². The number of anilines is 3. The summed E-state index contributed by atoms with van der Waals surface area (Å²) in [5, 5.41) is 3.29. The molecule has 144 valence electrons. The normalized spacial score (nSPS) is 10.6. The number of carbonyl (C=O) groups is 1. The third-order valence-electron chi connectivity index (χ3n) is 4.13. The third-order valence-corrected chi connectivity index (χ3v) is 4.13. The van der Waals surface area contributed by atoms with Crippen molar-refractivity contribution in [1.82, 2.24) is 4.98 Å². The molecule has 3 aromatic rings. The quantitative estimate of drug-likeness (QED) is 0.610. The van der Waals surface area contributed by atoms with Gasteiger partial charge >= 0.3 is 0 Å². The molecule has 0 atom stereocenters. The van der Waals surface area contributed by atoms with Gasteiger partial charge in [0, 0.05) is 24.1 Å². The van der Waals surface area contributed by atoms with Crippen LogP contribution in [0, 0.1) is 0 Å². The predicted octanol–water partition coefficient (Wildman–Crippen LogP) is 5.28. The van der Waals surface area contributed by atoms with Crippen LogP contribution in [-0.2, 0) is 0 Å². The molecule has 1 aromatic heterocycles. The van der Waals surface area contributed by atoms with E-state index in [-0.39, 0.29) is 12.0 Å². The van der Waals surface area contributed by atoms with Gasteiger partial charge in [0.2, 0.25) is 0 Å². The number of para-hydroxylation sites is 1. The van der Waals surface area contributed by atoms with Gasteiger partial charge in [0.1, 0.15) is 5.75 Å². The number of benzene rings is 2.